The summed E-state index contributed by atoms with van der Waals surface area (Å²) in [5, 5.41) is 1.17. The maximum Gasteiger partial charge on any atom is 0.161 e. The fourth-order valence-electron chi connectivity index (χ4n) is 3.24. The Balaban J connectivity index is 1.76. The van der Waals surface area contributed by atoms with Crippen LogP contribution in [-0.2, 0) is 6.61 Å². The van der Waals surface area contributed by atoms with Gasteiger partial charge in [0.25, 0.3) is 0 Å². The molecule has 0 atom stereocenters. The maximum atomic E-state index is 6.24. The molecule has 1 aliphatic heterocycles. The average molecular weight is 438 g/mol. The zero-order chi connectivity index (χ0) is 20.1. The molecule has 28 heavy (non-hydrogen) atoms. The summed E-state index contributed by atoms with van der Waals surface area (Å²) in [6.07, 6.45) is 2.36. The van der Waals surface area contributed by atoms with E-state index < -0.39 is 0 Å². The number of hydrogen-bond acceptors (Lipinski definition) is 3. The summed E-state index contributed by atoms with van der Waals surface area (Å²) < 4.78 is 11.8. The summed E-state index contributed by atoms with van der Waals surface area (Å²) in [5.74, 6) is 2.10. The molecule has 0 unspecified atom stereocenters. The molecule has 1 heterocycles. The third kappa shape index (κ3) is 5.11. The van der Waals surface area contributed by atoms with Crippen molar-refractivity contribution in [3.63, 3.8) is 0 Å². The zero-order valence-corrected chi connectivity index (χ0v) is 18.5. The first-order valence-corrected chi connectivity index (χ1v) is 10.8. The lowest BCUT2D eigenvalue weighted by Crippen LogP contribution is -2.37. The number of piperidine rings is 1. The van der Waals surface area contributed by atoms with Crippen LogP contribution in [0.15, 0.2) is 36.4 Å². The molecular weight excluding hydrogens is 413 g/mol. The molecule has 3 rings (SSSR count). The van der Waals surface area contributed by atoms with E-state index in [0.29, 0.717) is 28.2 Å². The monoisotopic (exact) mass is 437 g/mol. The standard InChI is InChI=1S/C22H25Cl2NO2S/c1-3-26-21-13-16(22(28)25-11-9-15(2)10-12-25)7-8-20(21)27-14-17-18(23)5-4-6-19(17)24/h4-8,13,15H,3,9-12,14H2,1-2H3. The number of nitrogens with zero attached hydrogens (tertiary/aromatic N) is 1. The van der Waals surface area contributed by atoms with Crippen LogP contribution >= 0.6 is 35.4 Å². The smallest absolute Gasteiger partial charge is 0.161 e. The molecule has 3 nitrogen and oxygen atoms in total. The van der Waals surface area contributed by atoms with Gasteiger partial charge in [0.1, 0.15) is 11.6 Å². The molecule has 1 aliphatic rings. The van der Waals surface area contributed by atoms with E-state index in [1.54, 1.807) is 12.1 Å². The van der Waals surface area contributed by atoms with Crippen LogP contribution in [0.25, 0.3) is 0 Å². The van der Waals surface area contributed by atoms with Crippen LogP contribution in [0, 0.1) is 5.92 Å². The second-order valence-electron chi connectivity index (χ2n) is 7.06. The number of ether oxygens (including phenoxy) is 2. The summed E-state index contributed by atoms with van der Waals surface area (Å²) in [6.45, 7) is 7.07. The summed E-state index contributed by atoms with van der Waals surface area (Å²) in [5.41, 5.74) is 1.74. The molecule has 0 spiro atoms. The van der Waals surface area contributed by atoms with Gasteiger partial charge in [0.2, 0.25) is 0 Å². The number of thiocarbonyl (C=S) groups is 1. The van der Waals surface area contributed by atoms with Gasteiger partial charge in [-0.3, -0.25) is 0 Å². The Bertz CT molecular complexity index is 815. The predicted molar refractivity (Wildman–Crippen MR) is 120 cm³/mol. The second-order valence-corrected chi connectivity index (χ2v) is 8.26. The molecule has 0 bridgehead atoms. The van der Waals surface area contributed by atoms with Crippen molar-refractivity contribution in [3.05, 3.63) is 57.6 Å². The summed E-state index contributed by atoms with van der Waals surface area (Å²) in [6, 6.07) is 11.3. The van der Waals surface area contributed by atoms with Gasteiger partial charge in [0, 0.05) is 34.3 Å². The minimum atomic E-state index is 0.270. The third-order valence-electron chi connectivity index (χ3n) is 5.00. The molecule has 2 aromatic carbocycles. The molecule has 0 saturated carbocycles. The highest BCUT2D eigenvalue weighted by molar-refractivity contribution is 7.80. The molecule has 0 aromatic heterocycles. The number of hydrogen-bond donors (Lipinski definition) is 0. The van der Waals surface area contributed by atoms with Crippen LogP contribution in [0.1, 0.15) is 37.8 Å². The first kappa shape index (κ1) is 21.2. The van der Waals surface area contributed by atoms with E-state index in [-0.39, 0.29) is 6.61 Å². The van der Waals surface area contributed by atoms with E-state index in [1.807, 2.05) is 31.2 Å². The van der Waals surface area contributed by atoms with Crippen LogP contribution in [0.5, 0.6) is 11.5 Å². The normalized spacial score (nSPS) is 14.8. The van der Waals surface area contributed by atoms with Gasteiger partial charge in [-0.25, -0.2) is 0 Å². The highest BCUT2D eigenvalue weighted by Crippen LogP contribution is 2.32. The van der Waals surface area contributed by atoms with E-state index in [4.69, 9.17) is 44.9 Å². The summed E-state index contributed by atoms with van der Waals surface area (Å²) in [4.78, 5) is 3.15. The van der Waals surface area contributed by atoms with E-state index in [0.717, 1.165) is 35.1 Å². The van der Waals surface area contributed by atoms with Gasteiger partial charge in [-0.2, -0.15) is 0 Å². The number of rotatable bonds is 6. The number of halogens is 2. The molecule has 0 N–H and O–H groups in total. The number of benzene rings is 2. The molecular formula is C22H25Cl2NO2S. The van der Waals surface area contributed by atoms with Gasteiger partial charge in [-0.15, -0.1) is 0 Å². The van der Waals surface area contributed by atoms with Crippen molar-refractivity contribution in [1.82, 2.24) is 4.90 Å². The molecule has 2 aromatic rings. The Kier molecular flexibility index (Phi) is 7.44. The molecule has 1 fully saturated rings. The van der Waals surface area contributed by atoms with Crippen molar-refractivity contribution in [3.8, 4) is 11.5 Å². The van der Waals surface area contributed by atoms with E-state index in [2.05, 4.69) is 11.8 Å². The van der Waals surface area contributed by atoms with Crippen LogP contribution in [-0.4, -0.2) is 29.6 Å². The Labute approximate surface area is 182 Å². The summed E-state index contributed by atoms with van der Waals surface area (Å²) >= 11 is 18.2. The highest BCUT2D eigenvalue weighted by atomic mass is 35.5. The third-order valence-corrected chi connectivity index (χ3v) is 6.20. The highest BCUT2D eigenvalue weighted by Gasteiger charge is 2.20. The van der Waals surface area contributed by atoms with Crippen LogP contribution in [0.4, 0.5) is 0 Å². The quantitative estimate of drug-likeness (QED) is 0.488. The Morgan fingerprint density at radius 3 is 2.39 bits per heavy atom. The van der Waals surface area contributed by atoms with Gasteiger partial charge in [-0.1, -0.05) is 48.4 Å². The van der Waals surface area contributed by atoms with E-state index >= 15 is 0 Å². The van der Waals surface area contributed by atoms with Gasteiger partial charge in [0.05, 0.1) is 6.61 Å². The Morgan fingerprint density at radius 1 is 1.07 bits per heavy atom. The van der Waals surface area contributed by atoms with Crippen molar-refractivity contribution in [2.45, 2.75) is 33.3 Å². The van der Waals surface area contributed by atoms with Crippen molar-refractivity contribution in [1.29, 1.82) is 0 Å². The molecule has 150 valence electrons. The van der Waals surface area contributed by atoms with Gasteiger partial charge in [-0.05, 0) is 56.0 Å². The van der Waals surface area contributed by atoms with Gasteiger partial charge in [0.15, 0.2) is 11.5 Å². The van der Waals surface area contributed by atoms with Crippen molar-refractivity contribution in [2.24, 2.45) is 5.92 Å². The number of likely N-dealkylation sites (tertiary alicyclic amines) is 1. The van der Waals surface area contributed by atoms with Crippen molar-refractivity contribution < 1.29 is 9.47 Å². The van der Waals surface area contributed by atoms with E-state index in [1.165, 1.54) is 12.8 Å². The molecule has 0 amide bonds. The zero-order valence-electron chi connectivity index (χ0n) is 16.2. The molecule has 6 heteroatoms. The maximum absolute atomic E-state index is 6.24. The summed E-state index contributed by atoms with van der Waals surface area (Å²) in [7, 11) is 0. The topological polar surface area (TPSA) is 21.7 Å². The van der Waals surface area contributed by atoms with Crippen LogP contribution < -0.4 is 9.47 Å². The first-order chi connectivity index (χ1) is 13.5. The average Bonchev–Trinajstić information content (AvgIpc) is 2.69. The van der Waals surface area contributed by atoms with Gasteiger partial charge >= 0.3 is 0 Å². The SMILES string of the molecule is CCOc1cc(C(=S)N2CCC(C)CC2)ccc1OCc1c(Cl)cccc1Cl. The van der Waals surface area contributed by atoms with Crippen LogP contribution in [0.2, 0.25) is 10.0 Å². The van der Waals surface area contributed by atoms with Crippen LogP contribution in [0.3, 0.4) is 0 Å². The molecule has 0 radical (unpaired) electrons. The Morgan fingerprint density at radius 2 is 1.75 bits per heavy atom. The fraction of sp³-hybridized carbons (Fsp3) is 0.409. The minimum absolute atomic E-state index is 0.270. The van der Waals surface area contributed by atoms with E-state index in [9.17, 15) is 0 Å². The first-order valence-electron chi connectivity index (χ1n) is 9.61. The Hall–Kier alpha value is -1.49. The fourth-order valence-corrected chi connectivity index (χ4v) is 4.06. The lowest BCUT2D eigenvalue weighted by Gasteiger charge is -2.32. The second kappa shape index (κ2) is 9.82. The lowest BCUT2D eigenvalue weighted by molar-refractivity contribution is 0.269. The lowest BCUT2D eigenvalue weighted by atomic mass is 9.99. The van der Waals surface area contributed by atoms with Crippen molar-refractivity contribution >= 4 is 40.4 Å². The minimum Gasteiger partial charge on any atom is -0.490 e. The van der Waals surface area contributed by atoms with Crippen molar-refractivity contribution in [2.75, 3.05) is 19.7 Å². The largest absolute Gasteiger partial charge is 0.490 e. The van der Waals surface area contributed by atoms with Gasteiger partial charge < -0.3 is 14.4 Å². The molecule has 1 saturated heterocycles. The molecule has 0 aliphatic carbocycles. The predicted octanol–water partition coefficient (Wildman–Crippen LogP) is 6.38.